The summed E-state index contributed by atoms with van der Waals surface area (Å²) in [5.41, 5.74) is 11.4. The fourth-order valence-electron chi connectivity index (χ4n) is 5.90. The Morgan fingerprint density at radius 1 is 1.02 bits per heavy atom. The summed E-state index contributed by atoms with van der Waals surface area (Å²) in [7, 11) is 1.62. The lowest BCUT2D eigenvalue weighted by molar-refractivity contribution is -0.0369. The lowest BCUT2D eigenvalue weighted by atomic mass is 9.95. The SMILES string of the molecule is COc1ccc(COc2nc3c(cc(OC(C)C)c4nccnc43)c(-c3ccc(F)c4c3cnn4C3CCCCO3)c2N)cc1. The van der Waals surface area contributed by atoms with E-state index in [1.165, 1.54) is 6.07 Å². The molecular formula is C34H33FN6O4. The zero-order valence-electron chi connectivity index (χ0n) is 25.3. The molecule has 0 saturated carbocycles. The number of nitrogens with zero attached hydrogens (tertiary/aromatic N) is 5. The van der Waals surface area contributed by atoms with Crippen LogP contribution in [0.3, 0.4) is 0 Å². The van der Waals surface area contributed by atoms with Crippen LogP contribution in [-0.4, -0.2) is 44.6 Å². The molecule has 7 rings (SSSR count). The zero-order valence-corrected chi connectivity index (χ0v) is 25.3. The van der Waals surface area contributed by atoms with Crippen molar-refractivity contribution in [2.24, 2.45) is 0 Å². The third-order valence-electron chi connectivity index (χ3n) is 7.97. The summed E-state index contributed by atoms with van der Waals surface area (Å²) in [5, 5.41) is 5.86. The highest BCUT2D eigenvalue weighted by atomic mass is 19.1. The summed E-state index contributed by atoms with van der Waals surface area (Å²) in [6.45, 7) is 4.71. The van der Waals surface area contributed by atoms with Crippen molar-refractivity contribution in [2.75, 3.05) is 19.5 Å². The number of ether oxygens (including phenoxy) is 4. The van der Waals surface area contributed by atoms with Crippen LogP contribution in [0, 0.1) is 5.82 Å². The third kappa shape index (κ3) is 5.22. The molecule has 3 aromatic carbocycles. The number of hydrogen-bond donors (Lipinski definition) is 1. The van der Waals surface area contributed by atoms with Crippen LogP contribution < -0.4 is 19.9 Å². The molecule has 4 heterocycles. The molecule has 0 amide bonds. The van der Waals surface area contributed by atoms with Crippen molar-refractivity contribution in [3.8, 4) is 28.5 Å². The molecule has 1 aliphatic rings. The van der Waals surface area contributed by atoms with Gasteiger partial charge in [-0.25, -0.2) is 19.0 Å². The van der Waals surface area contributed by atoms with Gasteiger partial charge in [-0.15, -0.1) is 0 Å². The molecule has 1 aliphatic heterocycles. The number of rotatable bonds is 8. The van der Waals surface area contributed by atoms with Crippen molar-refractivity contribution in [2.45, 2.75) is 52.0 Å². The van der Waals surface area contributed by atoms with E-state index < -0.39 is 5.82 Å². The average Bonchev–Trinajstić information content (AvgIpc) is 3.52. The van der Waals surface area contributed by atoms with E-state index in [-0.39, 0.29) is 24.8 Å². The molecular weight excluding hydrogens is 575 g/mol. The summed E-state index contributed by atoms with van der Waals surface area (Å²) in [4.78, 5) is 14.1. The van der Waals surface area contributed by atoms with Gasteiger partial charge in [0.2, 0.25) is 5.88 Å². The van der Waals surface area contributed by atoms with Gasteiger partial charge in [0.25, 0.3) is 0 Å². The Labute approximate surface area is 258 Å². The normalized spacial score (nSPS) is 15.3. The standard InChI is InChI=1S/C34H33FN6O4/c1-19(2)45-26-16-23-28(22-11-12-25(35)33-24(22)17-39-41(33)27-6-4-5-15-43-27)29(36)34(40-30(23)32-31(26)37-13-14-38-32)44-18-20-7-9-21(42-3)10-8-20/h7-14,16-17,19,27H,4-6,15,18,36H2,1-3H3. The highest BCUT2D eigenvalue weighted by Crippen LogP contribution is 2.45. The van der Waals surface area contributed by atoms with Crippen LogP contribution in [-0.2, 0) is 11.3 Å². The van der Waals surface area contributed by atoms with Gasteiger partial charge in [-0.05, 0) is 68.5 Å². The van der Waals surface area contributed by atoms with Gasteiger partial charge < -0.3 is 24.7 Å². The van der Waals surface area contributed by atoms with Crippen molar-refractivity contribution >= 4 is 38.5 Å². The molecule has 3 aromatic heterocycles. The molecule has 11 heteroatoms. The number of nitrogen functional groups attached to an aromatic ring is 1. The number of benzene rings is 3. The highest BCUT2D eigenvalue weighted by molar-refractivity contribution is 6.15. The number of anilines is 1. The number of aromatic nitrogens is 5. The molecule has 1 fully saturated rings. The second-order valence-corrected chi connectivity index (χ2v) is 11.3. The number of nitrogens with two attached hydrogens (primary N) is 1. The molecule has 230 valence electrons. The van der Waals surface area contributed by atoms with E-state index >= 15 is 4.39 Å². The molecule has 0 bridgehead atoms. The Hall–Kier alpha value is -5.03. The largest absolute Gasteiger partial charge is 0.497 e. The fraction of sp³-hybridized carbons (Fsp3) is 0.294. The molecule has 1 unspecified atom stereocenters. The number of pyridine rings is 1. The van der Waals surface area contributed by atoms with Crippen LogP contribution in [0.1, 0.15) is 44.9 Å². The molecule has 10 nitrogen and oxygen atoms in total. The molecule has 6 aromatic rings. The summed E-state index contributed by atoms with van der Waals surface area (Å²) >= 11 is 0. The molecule has 45 heavy (non-hydrogen) atoms. The summed E-state index contributed by atoms with van der Waals surface area (Å²) in [6.07, 6.45) is 7.14. The maximum absolute atomic E-state index is 15.6. The van der Waals surface area contributed by atoms with E-state index in [1.807, 2.05) is 44.2 Å². The van der Waals surface area contributed by atoms with Crippen LogP contribution in [0.25, 0.3) is 44.0 Å². The predicted molar refractivity (Wildman–Crippen MR) is 170 cm³/mol. The van der Waals surface area contributed by atoms with E-state index in [2.05, 4.69) is 15.1 Å². The topological polar surface area (TPSA) is 119 Å². The van der Waals surface area contributed by atoms with Crippen LogP contribution >= 0.6 is 0 Å². The van der Waals surface area contributed by atoms with Crippen LogP contribution in [0.15, 0.2) is 61.1 Å². The second kappa shape index (κ2) is 11.8. The lowest BCUT2D eigenvalue weighted by Gasteiger charge is -2.23. The van der Waals surface area contributed by atoms with Gasteiger partial charge in [-0.2, -0.15) is 5.10 Å². The average molecular weight is 609 g/mol. The lowest BCUT2D eigenvalue weighted by Crippen LogP contribution is -2.19. The fourth-order valence-corrected chi connectivity index (χ4v) is 5.90. The van der Waals surface area contributed by atoms with Gasteiger partial charge in [0.1, 0.15) is 51.7 Å². The van der Waals surface area contributed by atoms with Crippen LogP contribution in [0.4, 0.5) is 10.1 Å². The predicted octanol–water partition coefficient (Wildman–Crippen LogP) is 6.99. The van der Waals surface area contributed by atoms with E-state index in [0.717, 1.165) is 30.6 Å². The van der Waals surface area contributed by atoms with Gasteiger partial charge in [0, 0.05) is 35.3 Å². The van der Waals surface area contributed by atoms with Crippen LogP contribution in [0.5, 0.6) is 17.4 Å². The monoisotopic (exact) mass is 608 g/mol. The molecule has 0 radical (unpaired) electrons. The number of methoxy groups -OCH3 is 1. The minimum atomic E-state index is -0.395. The van der Waals surface area contributed by atoms with Gasteiger partial charge >= 0.3 is 0 Å². The van der Waals surface area contributed by atoms with Crippen molar-refractivity contribution < 1.29 is 23.3 Å². The minimum absolute atomic E-state index is 0.125. The van der Waals surface area contributed by atoms with Gasteiger partial charge in [0.05, 0.1) is 19.4 Å². The van der Waals surface area contributed by atoms with Gasteiger partial charge in [-0.3, -0.25) is 4.98 Å². The van der Waals surface area contributed by atoms with Crippen molar-refractivity contribution in [3.05, 3.63) is 72.4 Å². The third-order valence-corrected chi connectivity index (χ3v) is 7.97. The Bertz CT molecular complexity index is 2020. The number of fused-ring (bicyclic) bond motifs is 4. The summed E-state index contributed by atoms with van der Waals surface area (Å²) in [5.74, 6) is 1.11. The first kappa shape index (κ1) is 28.7. The quantitative estimate of drug-likeness (QED) is 0.182. The molecule has 2 N–H and O–H groups in total. The number of hydrogen-bond acceptors (Lipinski definition) is 9. The molecule has 1 saturated heterocycles. The van der Waals surface area contributed by atoms with Gasteiger partial charge in [0.15, 0.2) is 6.23 Å². The van der Waals surface area contributed by atoms with Gasteiger partial charge in [-0.1, -0.05) is 18.2 Å². The van der Waals surface area contributed by atoms with Crippen molar-refractivity contribution in [1.29, 1.82) is 0 Å². The maximum Gasteiger partial charge on any atom is 0.238 e. The van der Waals surface area contributed by atoms with Crippen LogP contribution in [0.2, 0.25) is 0 Å². The first-order chi connectivity index (χ1) is 21.9. The summed E-state index contributed by atoms with van der Waals surface area (Å²) in [6, 6.07) is 12.6. The highest BCUT2D eigenvalue weighted by Gasteiger charge is 2.26. The van der Waals surface area contributed by atoms with E-state index in [4.69, 9.17) is 29.7 Å². The number of halogens is 1. The van der Waals surface area contributed by atoms with E-state index in [9.17, 15) is 0 Å². The maximum atomic E-state index is 15.6. The zero-order chi connectivity index (χ0) is 31.1. The molecule has 0 aliphatic carbocycles. The molecule has 1 atom stereocenters. The summed E-state index contributed by atoms with van der Waals surface area (Å²) < 4.78 is 41.0. The van der Waals surface area contributed by atoms with Crippen molar-refractivity contribution in [1.82, 2.24) is 24.7 Å². The molecule has 0 spiro atoms. The second-order valence-electron chi connectivity index (χ2n) is 11.3. The Morgan fingerprint density at radius 2 is 1.82 bits per heavy atom. The smallest absolute Gasteiger partial charge is 0.238 e. The Balaban J connectivity index is 1.47. The Morgan fingerprint density at radius 3 is 2.56 bits per heavy atom. The van der Waals surface area contributed by atoms with Crippen molar-refractivity contribution in [3.63, 3.8) is 0 Å². The first-order valence-electron chi connectivity index (χ1n) is 15.0. The van der Waals surface area contributed by atoms with E-state index in [0.29, 0.717) is 62.0 Å². The Kier molecular flexibility index (Phi) is 7.54. The first-order valence-corrected chi connectivity index (χ1v) is 15.0. The minimum Gasteiger partial charge on any atom is -0.497 e. The van der Waals surface area contributed by atoms with E-state index in [1.54, 1.807) is 36.4 Å².